The summed E-state index contributed by atoms with van der Waals surface area (Å²) in [6, 6.07) is 0. The van der Waals surface area contributed by atoms with Crippen molar-refractivity contribution in [3.05, 3.63) is 12.4 Å². The number of ether oxygens (including phenoxy) is 1. The molecule has 2 heterocycles. The third-order valence-electron chi connectivity index (χ3n) is 3.74. The summed E-state index contributed by atoms with van der Waals surface area (Å²) < 4.78 is 7.37. The van der Waals surface area contributed by atoms with E-state index in [0.717, 1.165) is 51.1 Å². The predicted octanol–water partition coefficient (Wildman–Crippen LogP) is 1.36. The molecule has 1 saturated heterocycles. The van der Waals surface area contributed by atoms with Crippen LogP contribution in [0.15, 0.2) is 12.4 Å². The Morgan fingerprint density at radius 1 is 1.53 bits per heavy atom. The standard InChI is InChI=1S/C14H26N4O/c1-15-11-13-5-3-7-18(12-13)14-16-6-9-17(14)8-4-10-19-2/h6,9,13,15H,3-5,7-8,10-12H2,1-2H3. The lowest BCUT2D eigenvalue weighted by Crippen LogP contribution is -2.40. The molecule has 5 nitrogen and oxygen atoms in total. The van der Waals surface area contributed by atoms with Crippen LogP contribution in [0.25, 0.3) is 0 Å². The maximum atomic E-state index is 5.12. The molecule has 1 fully saturated rings. The molecule has 1 aromatic heterocycles. The van der Waals surface area contributed by atoms with Crippen molar-refractivity contribution in [2.45, 2.75) is 25.8 Å². The number of methoxy groups -OCH3 is 1. The summed E-state index contributed by atoms with van der Waals surface area (Å²) in [5.74, 6) is 1.86. The van der Waals surface area contributed by atoms with Crippen molar-refractivity contribution in [2.24, 2.45) is 5.92 Å². The Labute approximate surface area is 116 Å². The molecule has 1 atom stereocenters. The zero-order valence-corrected chi connectivity index (χ0v) is 12.1. The average molecular weight is 266 g/mol. The first kappa shape index (κ1) is 14.3. The highest BCUT2D eigenvalue weighted by Gasteiger charge is 2.22. The molecule has 1 aliphatic rings. The van der Waals surface area contributed by atoms with Gasteiger partial charge in [0.25, 0.3) is 0 Å². The molecule has 1 aromatic rings. The van der Waals surface area contributed by atoms with Crippen molar-refractivity contribution in [3.63, 3.8) is 0 Å². The van der Waals surface area contributed by atoms with Gasteiger partial charge in [0.15, 0.2) is 0 Å². The number of piperidine rings is 1. The molecular weight excluding hydrogens is 240 g/mol. The molecule has 0 spiro atoms. The molecule has 0 aliphatic carbocycles. The van der Waals surface area contributed by atoms with Crippen LogP contribution in [-0.4, -0.2) is 49.9 Å². The van der Waals surface area contributed by atoms with Gasteiger partial charge in [-0.05, 0) is 38.8 Å². The monoisotopic (exact) mass is 266 g/mol. The predicted molar refractivity (Wildman–Crippen MR) is 77.6 cm³/mol. The quantitative estimate of drug-likeness (QED) is 0.757. The van der Waals surface area contributed by atoms with E-state index in [1.165, 1.54) is 12.8 Å². The fourth-order valence-corrected chi connectivity index (χ4v) is 2.84. The number of aryl methyl sites for hydroxylation is 1. The van der Waals surface area contributed by atoms with Crippen LogP contribution in [0.2, 0.25) is 0 Å². The molecule has 0 amide bonds. The summed E-state index contributed by atoms with van der Waals surface area (Å²) in [7, 11) is 3.78. The maximum Gasteiger partial charge on any atom is 0.205 e. The van der Waals surface area contributed by atoms with Crippen molar-refractivity contribution < 1.29 is 4.74 Å². The van der Waals surface area contributed by atoms with Crippen molar-refractivity contribution in [1.82, 2.24) is 14.9 Å². The Balaban J connectivity index is 1.94. The van der Waals surface area contributed by atoms with E-state index >= 15 is 0 Å². The minimum atomic E-state index is 0.739. The lowest BCUT2D eigenvalue weighted by Gasteiger charge is -2.33. The third kappa shape index (κ3) is 3.94. The molecule has 0 bridgehead atoms. The summed E-state index contributed by atoms with van der Waals surface area (Å²) in [6.07, 6.45) is 7.60. The molecule has 1 unspecified atom stereocenters. The van der Waals surface area contributed by atoms with Crippen LogP contribution in [0.4, 0.5) is 5.95 Å². The Bertz CT molecular complexity index is 364. The van der Waals surface area contributed by atoms with E-state index in [-0.39, 0.29) is 0 Å². The van der Waals surface area contributed by atoms with E-state index in [1.54, 1.807) is 7.11 Å². The second-order valence-electron chi connectivity index (χ2n) is 5.28. The Morgan fingerprint density at radius 3 is 3.21 bits per heavy atom. The van der Waals surface area contributed by atoms with E-state index in [0.29, 0.717) is 0 Å². The number of rotatable bonds is 7. The molecule has 0 radical (unpaired) electrons. The molecule has 2 rings (SSSR count). The van der Waals surface area contributed by atoms with Gasteiger partial charge in [-0.2, -0.15) is 0 Å². The van der Waals surface area contributed by atoms with Gasteiger partial charge < -0.3 is 19.5 Å². The van der Waals surface area contributed by atoms with Crippen molar-refractivity contribution in [2.75, 3.05) is 45.3 Å². The van der Waals surface area contributed by atoms with Gasteiger partial charge in [-0.3, -0.25) is 0 Å². The number of nitrogens with one attached hydrogen (secondary N) is 1. The van der Waals surface area contributed by atoms with Gasteiger partial charge in [-0.15, -0.1) is 0 Å². The lowest BCUT2D eigenvalue weighted by atomic mass is 9.98. The second-order valence-corrected chi connectivity index (χ2v) is 5.28. The first-order valence-corrected chi connectivity index (χ1v) is 7.24. The molecule has 19 heavy (non-hydrogen) atoms. The zero-order chi connectivity index (χ0) is 13.5. The smallest absolute Gasteiger partial charge is 0.205 e. The van der Waals surface area contributed by atoms with Gasteiger partial charge in [-0.25, -0.2) is 4.98 Å². The summed E-state index contributed by atoms with van der Waals surface area (Å²) in [6.45, 7) is 5.13. The van der Waals surface area contributed by atoms with Crippen molar-refractivity contribution in [3.8, 4) is 0 Å². The van der Waals surface area contributed by atoms with Gasteiger partial charge in [0, 0.05) is 45.7 Å². The van der Waals surface area contributed by atoms with Gasteiger partial charge in [0.2, 0.25) is 5.95 Å². The molecular formula is C14H26N4O. The first-order chi connectivity index (χ1) is 9.35. The van der Waals surface area contributed by atoms with Crippen LogP contribution < -0.4 is 10.2 Å². The van der Waals surface area contributed by atoms with Crippen LogP contribution in [0.5, 0.6) is 0 Å². The fourth-order valence-electron chi connectivity index (χ4n) is 2.84. The first-order valence-electron chi connectivity index (χ1n) is 7.24. The van der Waals surface area contributed by atoms with E-state index in [9.17, 15) is 0 Å². The van der Waals surface area contributed by atoms with Crippen LogP contribution in [0.3, 0.4) is 0 Å². The van der Waals surface area contributed by atoms with Crippen molar-refractivity contribution in [1.29, 1.82) is 0 Å². The summed E-state index contributed by atoms with van der Waals surface area (Å²) in [5.41, 5.74) is 0. The molecule has 5 heteroatoms. The average Bonchev–Trinajstić information content (AvgIpc) is 2.88. The van der Waals surface area contributed by atoms with Crippen LogP contribution in [0.1, 0.15) is 19.3 Å². The normalized spacial score (nSPS) is 19.9. The number of hydrogen-bond acceptors (Lipinski definition) is 4. The SMILES string of the molecule is CNCC1CCCN(c2nccn2CCCOC)C1. The van der Waals surface area contributed by atoms with E-state index in [1.807, 2.05) is 13.2 Å². The highest BCUT2D eigenvalue weighted by molar-refractivity contribution is 5.32. The van der Waals surface area contributed by atoms with Crippen LogP contribution in [0, 0.1) is 5.92 Å². The van der Waals surface area contributed by atoms with E-state index in [4.69, 9.17) is 4.74 Å². The minimum Gasteiger partial charge on any atom is -0.385 e. The van der Waals surface area contributed by atoms with Gasteiger partial charge in [0.1, 0.15) is 0 Å². The summed E-state index contributed by atoms with van der Waals surface area (Å²) >= 11 is 0. The number of aromatic nitrogens is 2. The van der Waals surface area contributed by atoms with E-state index in [2.05, 4.69) is 26.0 Å². The topological polar surface area (TPSA) is 42.3 Å². The van der Waals surface area contributed by atoms with Gasteiger partial charge >= 0.3 is 0 Å². The van der Waals surface area contributed by atoms with Crippen LogP contribution >= 0.6 is 0 Å². The molecule has 0 aromatic carbocycles. The van der Waals surface area contributed by atoms with Gasteiger partial charge in [-0.1, -0.05) is 0 Å². The Kier molecular flexibility index (Phi) is 5.66. The number of anilines is 1. The van der Waals surface area contributed by atoms with Gasteiger partial charge in [0.05, 0.1) is 0 Å². The maximum absolute atomic E-state index is 5.12. The zero-order valence-electron chi connectivity index (χ0n) is 12.1. The highest BCUT2D eigenvalue weighted by Crippen LogP contribution is 2.21. The number of nitrogens with zero attached hydrogens (tertiary/aromatic N) is 3. The van der Waals surface area contributed by atoms with Crippen molar-refractivity contribution >= 4 is 5.95 Å². The summed E-state index contributed by atoms with van der Waals surface area (Å²) in [4.78, 5) is 6.97. The second kappa shape index (κ2) is 7.50. The molecule has 1 N–H and O–H groups in total. The third-order valence-corrected chi connectivity index (χ3v) is 3.74. The highest BCUT2D eigenvalue weighted by atomic mass is 16.5. The number of imidazole rings is 1. The lowest BCUT2D eigenvalue weighted by molar-refractivity contribution is 0.190. The largest absolute Gasteiger partial charge is 0.385 e. The molecule has 108 valence electrons. The van der Waals surface area contributed by atoms with E-state index < -0.39 is 0 Å². The fraction of sp³-hybridized carbons (Fsp3) is 0.786. The van der Waals surface area contributed by atoms with Crippen LogP contribution in [-0.2, 0) is 11.3 Å². The number of hydrogen-bond donors (Lipinski definition) is 1. The molecule has 0 saturated carbocycles. The Hall–Kier alpha value is -1.07. The minimum absolute atomic E-state index is 0.739. The molecule has 1 aliphatic heterocycles. The Morgan fingerprint density at radius 2 is 2.42 bits per heavy atom. The summed E-state index contributed by atoms with van der Waals surface area (Å²) in [5, 5.41) is 3.29.